The fraction of sp³-hybridized carbons (Fsp3) is 0.417. The monoisotopic (exact) mass is 260 g/mol. The molecule has 0 amide bonds. The van der Waals surface area contributed by atoms with E-state index < -0.39 is 24.5 Å². The Hall–Kier alpha value is -1.61. The maximum absolute atomic E-state index is 13.3. The van der Waals surface area contributed by atoms with Crippen molar-refractivity contribution in [1.82, 2.24) is 5.32 Å². The van der Waals surface area contributed by atoms with Gasteiger partial charge < -0.3 is 5.32 Å². The number of nitrogens with zero attached hydrogens (tertiary/aromatic N) is 1. The van der Waals surface area contributed by atoms with Crippen molar-refractivity contribution < 1.29 is 17.6 Å². The van der Waals surface area contributed by atoms with Crippen LogP contribution < -0.4 is 5.32 Å². The molecule has 98 valence electrons. The number of rotatable bonds is 4. The minimum Gasteiger partial charge on any atom is -0.310 e. The van der Waals surface area contributed by atoms with E-state index in [0.717, 1.165) is 6.07 Å². The van der Waals surface area contributed by atoms with Crippen LogP contribution in [0.25, 0.3) is 0 Å². The summed E-state index contributed by atoms with van der Waals surface area (Å²) in [6.45, 7) is 1.33. The second-order valence-corrected chi connectivity index (χ2v) is 4.02. The molecule has 0 aliphatic carbocycles. The van der Waals surface area contributed by atoms with Crippen molar-refractivity contribution in [3.8, 4) is 6.07 Å². The van der Waals surface area contributed by atoms with Gasteiger partial charge in [0, 0.05) is 18.2 Å². The van der Waals surface area contributed by atoms with Crippen LogP contribution >= 0.6 is 0 Å². The maximum atomic E-state index is 13.3. The first-order valence-corrected chi connectivity index (χ1v) is 5.30. The molecule has 1 rings (SSSR count). The zero-order chi connectivity index (χ0) is 13.8. The minimum atomic E-state index is -4.25. The molecule has 1 atom stereocenters. The van der Waals surface area contributed by atoms with Crippen molar-refractivity contribution in [2.45, 2.75) is 32.1 Å². The quantitative estimate of drug-likeness (QED) is 0.844. The smallest absolute Gasteiger partial charge is 0.310 e. The highest BCUT2D eigenvalue weighted by Crippen LogP contribution is 2.21. The zero-order valence-corrected chi connectivity index (χ0v) is 9.68. The van der Waals surface area contributed by atoms with E-state index in [2.05, 4.69) is 5.32 Å². The third kappa shape index (κ3) is 4.72. The lowest BCUT2D eigenvalue weighted by molar-refractivity contribution is -0.139. The third-order valence-electron chi connectivity index (χ3n) is 2.35. The number of alkyl halides is 3. The molecule has 0 aliphatic rings. The molecule has 0 bridgehead atoms. The van der Waals surface area contributed by atoms with Gasteiger partial charge in [-0.1, -0.05) is 0 Å². The Morgan fingerprint density at radius 2 is 2.06 bits per heavy atom. The number of nitriles is 1. The minimum absolute atomic E-state index is 0.0431. The summed E-state index contributed by atoms with van der Waals surface area (Å²) in [6, 6.07) is 4.80. The molecule has 6 heteroatoms. The SMILES string of the molecule is CC(CC(F)(F)F)NCc1cc(C#N)ccc1F. The molecule has 0 aromatic heterocycles. The largest absolute Gasteiger partial charge is 0.390 e. The van der Waals surface area contributed by atoms with Crippen molar-refractivity contribution >= 4 is 0 Å². The topological polar surface area (TPSA) is 35.8 Å². The van der Waals surface area contributed by atoms with E-state index in [-0.39, 0.29) is 17.7 Å². The van der Waals surface area contributed by atoms with Crippen LogP contribution in [0.15, 0.2) is 18.2 Å². The summed E-state index contributed by atoms with van der Waals surface area (Å²) in [4.78, 5) is 0. The van der Waals surface area contributed by atoms with Crippen LogP contribution in [-0.4, -0.2) is 12.2 Å². The van der Waals surface area contributed by atoms with Crippen LogP contribution in [0.3, 0.4) is 0 Å². The molecule has 0 spiro atoms. The Morgan fingerprint density at radius 1 is 1.39 bits per heavy atom. The molecular formula is C12H12F4N2. The average molecular weight is 260 g/mol. The average Bonchev–Trinajstić information content (AvgIpc) is 2.25. The molecule has 0 fully saturated rings. The van der Waals surface area contributed by atoms with Crippen molar-refractivity contribution in [2.24, 2.45) is 0 Å². The predicted molar refractivity (Wildman–Crippen MR) is 58.1 cm³/mol. The highest BCUT2D eigenvalue weighted by atomic mass is 19.4. The first kappa shape index (κ1) is 14.5. The van der Waals surface area contributed by atoms with Gasteiger partial charge in [-0.3, -0.25) is 0 Å². The van der Waals surface area contributed by atoms with Crippen LogP contribution in [0.4, 0.5) is 17.6 Å². The first-order chi connectivity index (χ1) is 8.31. The number of hydrogen-bond donors (Lipinski definition) is 1. The van der Waals surface area contributed by atoms with Gasteiger partial charge in [0.05, 0.1) is 18.1 Å². The predicted octanol–water partition coefficient (Wildman–Crippen LogP) is 3.13. The molecule has 1 aromatic carbocycles. The maximum Gasteiger partial charge on any atom is 0.390 e. The normalized spacial score (nSPS) is 13.1. The fourth-order valence-corrected chi connectivity index (χ4v) is 1.48. The van der Waals surface area contributed by atoms with E-state index in [1.54, 1.807) is 0 Å². The highest BCUT2D eigenvalue weighted by molar-refractivity contribution is 5.33. The van der Waals surface area contributed by atoms with Crippen molar-refractivity contribution in [3.63, 3.8) is 0 Å². The van der Waals surface area contributed by atoms with Gasteiger partial charge in [-0.2, -0.15) is 18.4 Å². The molecule has 0 radical (unpaired) electrons. The van der Waals surface area contributed by atoms with Crippen LogP contribution in [0.2, 0.25) is 0 Å². The second-order valence-electron chi connectivity index (χ2n) is 4.02. The Balaban J connectivity index is 2.61. The van der Waals surface area contributed by atoms with Gasteiger partial charge in [-0.25, -0.2) is 4.39 Å². The molecule has 18 heavy (non-hydrogen) atoms. The van der Waals surface area contributed by atoms with Gasteiger partial charge in [-0.05, 0) is 25.1 Å². The summed E-state index contributed by atoms with van der Waals surface area (Å²) >= 11 is 0. The molecule has 1 unspecified atom stereocenters. The molecule has 1 N–H and O–H groups in total. The van der Waals surface area contributed by atoms with Crippen molar-refractivity contribution in [3.05, 3.63) is 35.1 Å². The number of nitrogens with one attached hydrogen (secondary N) is 1. The lowest BCUT2D eigenvalue weighted by atomic mass is 10.1. The second kappa shape index (κ2) is 5.83. The van der Waals surface area contributed by atoms with E-state index in [9.17, 15) is 17.6 Å². The molecular weight excluding hydrogens is 248 g/mol. The first-order valence-electron chi connectivity index (χ1n) is 5.30. The summed E-state index contributed by atoms with van der Waals surface area (Å²) < 4.78 is 49.5. The Kier molecular flexibility index (Phi) is 4.68. The van der Waals surface area contributed by atoms with E-state index in [1.807, 2.05) is 6.07 Å². The molecule has 0 aliphatic heterocycles. The van der Waals surface area contributed by atoms with E-state index in [0.29, 0.717) is 0 Å². The molecule has 0 saturated carbocycles. The highest BCUT2D eigenvalue weighted by Gasteiger charge is 2.29. The summed E-state index contributed by atoms with van der Waals surface area (Å²) in [6.07, 6.45) is -5.23. The van der Waals surface area contributed by atoms with Crippen molar-refractivity contribution in [2.75, 3.05) is 0 Å². The van der Waals surface area contributed by atoms with Gasteiger partial charge in [0.25, 0.3) is 0 Å². The van der Waals surface area contributed by atoms with E-state index in [1.165, 1.54) is 19.1 Å². The van der Waals surface area contributed by atoms with E-state index in [4.69, 9.17) is 5.26 Å². The van der Waals surface area contributed by atoms with Gasteiger partial charge in [0.15, 0.2) is 0 Å². The Morgan fingerprint density at radius 3 is 2.61 bits per heavy atom. The summed E-state index contributed by atoms with van der Waals surface area (Å²) in [5, 5.41) is 11.2. The third-order valence-corrected chi connectivity index (χ3v) is 2.35. The standard InChI is InChI=1S/C12H12F4N2/c1-8(5-12(14,15)16)18-7-10-4-9(6-17)2-3-11(10)13/h2-4,8,18H,5,7H2,1H3. The van der Waals surface area contributed by atoms with Crippen LogP contribution in [0.5, 0.6) is 0 Å². The Labute approximate surface area is 102 Å². The summed E-state index contributed by atoms with van der Waals surface area (Å²) in [7, 11) is 0. The van der Waals surface area contributed by atoms with Crippen LogP contribution in [0, 0.1) is 17.1 Å². The molecule has 0 saturated heterocycles. The van der Waals surface area contributed by atoms with E-state index >= 15 is 0 Å². The fourth-order valence-electron chi connectivity index (χ4n) is 1.48. The van der Waals surface area contributed by atoms with Gasteiger partial charge in [0.2, 0.25) is 0 Å². The van der Waals surface area contributed by atoms with Gasteiger partial charge in [-0.15, -0.1) is 0 Å². The number of benzene rings is 1. The van der Waals surface area contributed by atoms with Gasteiger partial charge >= 0.3 is 6.18 Å². The lowest BCUT2D eigenvalue weighted by Crippen LogP contribution is -2.31. The zero-order valence-electron chi connectivity index (χ0n) is 9.68. The molecule has 1 aromatic rings. The summed E-state index contributed by atoms with van der Waals surface area (Å²) in [5.74, 6) is -0.541. The van der Waals surface area contributed by atoms with Crippen LogP contribution in [0.1, 0.15) is 24.5 Å². The van der Waals surface area contributed by atoms with Gasteiger partial charge in [0.1, 0.15) is 5.82 Å². The van der Waals surface area contributed by atoms with Crippen LogP contribution in [-0.2, 0) is 6.54 Å². The summed E-state index contributed by atoms with van der Waals surface area (Å²) in [5.41, 5.74) is 0.458. The number of halogens is 4. The number of hydrogen-bond acceptors (Lipinski definition) is 2. The molecule has 2 nitrogen and oxygen atoms in total. The van der Waals surface area contributed by atoms with Crippen molar-refractivity contribution in [1.29, 1.82) is 5.26 Å². The molecule has 0 heterocycles. The lowest BCUT2D eigenvalue weighted by Gasteiger charge is -2.16. The Bertz CT molecular complexity index is 448.